The van der Waals surface area contributed by atoms with Crippen molar-refractivity contribution in [1.82, 2.24) is 14.0 Å². The monoisotopic (exact) mass is 494 g/mol. The van der Waals surface area contributed by atoms with Crippen LogP contribution in [0.2, 0.25) is 0 Å². The molecule has 0 aromatic carbocycles. The SMILES string of the molecule is C=CCn1c(C(C)=O)c(N=C(C)N)n([C@H]2O[C@@H](COC(=O)N(C)CCN)[C@@H]3OC(C)(C)O[C@@H]32)c1=O. The van der Waals surface area contributed by atoms with Gasteiger partial charge in [0.15, 0.2) is 23.6 Å². The van der Waals surface area contributed by atoms with E-state index in [1.165, 1.54) is 27.0 Å². The van der Waals surface area contributed by atoms with Crippen LogP contribution < -0.4 is 17.2 Å². The first-order chi connectivity index (χ1) is 16.4. The number of imidazole rings is 1. The molecule has 0 aliphatic carbocycles. The van der Waals surface area contributed by atoms with Gasteiger partial charge in [0, 0.05) is 33.6 Å². The summed E-state index contributed by atoms with van der Waals surface area (Å²) < 4.78 is 26.2. The largest absolute Gasteiger partial charge is 0.447 e. The van der Waals surface area contributed by atoms with Crippen LogP contribution >= 0.6 is 0 Å². The fraction of sp³-hybridized carbons (Fsp3) is 0.636. The number of nitrogens with two attached hydrogens (primary N) is 2. The predicted octanol–water partition coefficient (Wildman–Crippen LogP) is 0.492. The molecular weight excluding hydrogens is 460 g/mol. The molecule has 0 spiro atoms. The number of carbonyl (C=O) groups is 2. The van der Waals surface area contributed by atoms with Crippen molar-refractivity contribution >= 4 is 23.5 Å². The Bertz CT molecular complexity index is 1070. The number of aromatic nitrogens is 2. The Morgan fingerprint density at radius 1 is 1.29 bits per heavy atom. The summed E-state index contributed by atoms with van der Waals surface area (Å²) in [5, 5.41) is 0. The van der Waals surface area contributed by atoms with Crippen molar-refractivity contribution in [2.45, 2.75) is 64.6 Å². The molecule has 2 fully saturated rings. The second kappa shape index (κ2) is 10.3. The Morgan fingerprint density at radius 3 is 2.51 bits per heavy atom. The van der Waals surface area contributed by atoms with Crippen LogP contribution in [0.5, 0.6) is 0 Å². The van der Waals surface area contributed by atoms with E-state index >= 15 is 0 Å². The molecule has 0 radical (unpaired) electrons. The van der Waals surface area contributed by atoms with E-state index in [1.807, 2.05) is 0 Å². The minimum absolute atomic E-state index is 0.0433. The number of aliphatic imine (C=N–C) groups is 1. The lowest BCUT2D eigenvalue weighted by molar-refractivity contribution is -0.200. The number of carbonyl (C=O) groups excluding carboxylic acids is 2. The highest BCUT2D eigenvalue weighted by atomic mass is 16.8. The second-order valence-electron chi connectivity index (χ2n) is 8.95. The van der Waals surface area contributed by atoms with E-state index in [0.717, 1.165) is 0 Å². The van der Waals surface area contributed by atoms with Gasteiger partial charge in [-0.1, -0.05) is 6.08 Å². The molecule has 0 unspecified atom stereocenters. The van der Waals surface area contributed by atoms with Gasteiger partial charge in [0.1, 0.15) is 30.6 Å². The average Bonchev–Trinajstić information content (AvgIpc) is 3.33. The van der Waals surface area contributed by atoms with Crippen LogP contribution in [0, 0.1) is 0 Å². The van der Waals surface area contributed by atoms with Gasteiger partial charge in [-0.25, -0.2) is 19.1 Å². The summed E-state index contributed by atoms with van der Waals surface area (Å²) in [4.78, 5) is 43.9. The number of ether oxygens (including phenoxy) is 4. The van der Waals surface area contributed by atoms with Gasteiger partial charge in [0.05, 0.1) is 5.84 Å². The molecule has 1 aromatic rings. The third-order valence-electron chi connectivity index (χ3n) is 5.60. The summed E-state index contributed by atoms with van der Waals surface area (Å²) in [6.07, 6.45) is -2.27. The van der Waals surface area contributed by atoms with Gasteiger partial charge in [0.25, 0.3) is 0 Å². The highest BCUT2D eigenvalue weighted by Gasteiger charge is 2.57. The lowest BCUT2D eigenvalue weighted by atomic mass is 10.1. The minimum atomic E-state index is -1.03. The maximum atomic E-state index is 13.5. The Hall–Kier alpha value is -3.00. The van der Waals surface area contributed by atoms with E-state index in [9.17, 15) is 14.4 Å². The number of allylic oxidation sites excluding steroid dienone is 1. The van der Waals surface area contributed by atoms with E-state index < -0.39 is 42.1 Å². The first-order valence-corrected chi connectivity index (χ1v) is 11.3. The zero-order valence-electron chi connectivity index (χ0n) is 20.7. The molecule has 2 aliphatic rings. The molecule has 4 atom stereocenters. The topological polar surface area (TPSA) is 166 Å². The molecule has 3 heterocycles. The third kappa shape index (κ3) is 5.32. The first-order valence-electron chi connectivity index (χ1n) is 11.3. The molecule has 1 aromatic heterocycles. The van der Waals surface area contributed by atoms with Crippen molar-refractivity contribution in [3.8, 4) is 0 Å². The van der Waals surface area contributed by atoms with E-state index in [1.54, 1.807) is 27.8 Å². The quantitative estimate of drug-likeness (QED) is 0.215. The lowest BCUT2D eigenvalue weighted by Crippen LogP contribution is -2.37. The van der Waals surface area contributed by atoms with Crippen LogP contribution in [-0.4, -0.2) is 82.6 Å². The predicted molar refractivity (Wildman–Crippen MR) is 127 cm³/mol. The number of rotatable bonds is 9. The number of hydrogen-bond acceptors (Lipinski definition) is 9. The van der Waals surface area contributed by atoms with Crippen molar-refractivity contribution in [2.75, 3.05) is 26.7 Å². The van der Waals surface area contributed by atoms with Crippen molar-refractivity contribution in [3.63, 3.8) is 0 Å². The highest BCUT2D eigenvalue weighted by molar-refractivity contribution is 5.98. The Kier molecular flexibility index (Phi) is 7.84. The van der Waals surface area contributed by atoms with Gasteiger partial charge >= 0.3 is 11.8 Å². The lowest BCUT2D eigenvalue weighted by Gasteiger charge is -2.25. The van der Waals surface area contributed by atoms with Gasteiger partial charge in [-0.05, 0) is 20.8 Å². The summed E-state index contributed by atoms with van der Waals surface area (Å²) in [7, 11) is 1.57. The summed E-state index contributed by atoms with van der Waals surface area (Å²) in [5.41, 5.74) is 10.8. The van der Waals surface area contributed by atoms with E-state index in [2.05, 4.69) is 11.6 Å². The Morgan fingerprint density at radius 2 is 1.94 bits per heavy atom. The number of amidine groups is 1. The second-order valence-corrected chi connectivity index (χ2v) is 8.95. The smallest absolute Gasteiger partial charge is 0.409 e. The summed E-state index contributed by atoms with van der Waals surface area (Å²) in [6.45, 7) is 10.5. The number of Topliss-reactive ketones (excluding diaryl/α,β-unsaturated/α-hetero) is 1. The number of likely N-dealkylation sites (N-methyl/N-ethyl adjacent to an activating group) is 1. The molecule has 2 saturated heterocycles. The molecular formula is C22H34N6O7. The summed E-state index contributed by atoms with van der Waals surface area (Å²) >= 11 is 0. The number of nitrogens with zero attached hydrogens (tertiary/aromatic N) is 4. The van der Waals surface area contributed by atoms with Gasteiger partial charge in [-0.2, -0.15) is 0 Å². The average molecular weight is 495 g/mol. The molecule has 0 bridgehead atoms. The molecule has 13 nitrogen and oxygen atoms in total. The van der Waals surface area contributed by atoms with Gasteiger partial charge in [0.2, 0.25) is 0 Å². The van der Waals surface area contributed by atoms with Crippen LogP contribution in [0.15, 0.2) is 22.4 Å². The van der Waals surface area contributed by atoms with Gasteiger partial charge in [-0.15, -0.1) is 6.58 Å². The minimum Gasteiger partial charge on any atom is -0.447 e. The standard InChI is InChI=1S/C22H34N6O7/c1-7-9-27-15(12(2)29)18(25-13(3)24)28(20(27)30)19-17-16(34-22(4,5)35-17)14(33-19)11-32-21(31)26(6)10-8-23/h7,14,16-17,19H,1,8-11,23H2,2-6H3,(H2,24,25)/t14-,16-,17-,19-/m0/s1. The van der Waals surface area contributed by atoms with E-state index in [0.29, 0.717) is 6.54 Å². The van der Waals surface area contributed by atoms with Gasteiger partial charge < -0.3 is 35.3 Å². The number of fused-ring (bicyclic) bond motifs is 1. The Balaban J connectivity index is 2.04. The van der Waals surface area contributed by atoms with Crippen molar-refractivity contribution in [3.05, 3.63) is 28.8 Å². The molecule has 35 heavy (non-hydrogen) atoms. The van der Waals surface area contributed by atoms with E-state index in [4.69, 9.17) is 30.4 Å². The van der Waals surface area contributed by atoms with Crippen LogP contribution in [-0.2, 0) is 25.5 Å². The van der Waals surface area contributed by atoms with Crippen molar-refractivity contribution in [1.29, 1.82) is 0 Å². The summed E-state index contributed by atoms with van der Waals surface area (Å²) in [6, 6.07) is 0. The first kappa shape index (κ1) is 26.6. The molecule has 1 amide bonds. The number of amides is 1. The zero-order chi connectivity index (χ0) is 26.1. The van der Waals surface area contributed by atoms with Crippen molar-refractivity contribution < 1.29 is 28.5 Å². The Labute approximate surface area is 203 Å². The normalized spacial score (nSPS) is 25.4. The van der Waals surface area contributed by atoms with Crippen LogP contribution in [0.4, 0.5) is 10.6 Å². The molecule has 4 N–H and O–H groups in total. The zero-order valence-corrected chi connectivity index (χ0v) is 20.7. The third-order valence-corrected chi connectivity index (χ3v) is 5.60. The fourth-order valence-electron chi connectivity index (χ4n) is 4.25. The van der Waals surface area contributed by atoms with E-state index in [-0.39, 0.29) is 42.8 Å². The number of hydrogen-bond donors (Lipinski definition) is 2. The highest BCUT2D eigenvalue weighted by Crippen LogP contribution is 2.44. The summed E-state index contributed by atoms with van der Waals surface area (Å²) in [5.74, 6) is -1.18. The maximum absolute atomic E-state index is 13.5. The molecule has 3 rings (SSSR count). The van der Waals surface area contributed by atoms with Crippen LogP contribution in [0.1, 0.15) is 44.4 Å². The maximum Gasteiger partial charge on any atom is 0.409 e. The molecule has 13 heteroatoms. The fourth-order valence-corrected chi connectivity index (χ4v) is 4.25. The van der Waals surface area contributed by atoms with Crippen LogP contribution in [0.25, 0.3) is 0 Å². The molecule has 0 saturated carbocycles. The van der Waals surface area contributed by atoms with Crippen molar-refractivity contribution in [2.24, 2.45) is 16.5 Å². The van der Waals surface area contributed by atoms with Crippen LogP contribution in [0.3, 0.4) is 0 Å². The van der Waals surface area contributed by atoms with Gasteiger partial charge in [-0.3, -0.25) is 9.36 Å². The number of ketones is 1. The molecule has 2 aliphatic heterocycles. The molecule has 194 valence electrons.